The molecule has 0 rings (SSSR count). The van der Waals surface area contributed by atoms with E-state index in [1.165, 1.54) is 0 Å². The normalized spacial score (nSPS) is 17.1. The molecule has 0 heterocycles. The van der Waals surface area contributed by atoms with E-state index >= 15 is 0 Å². The van der Waals surface area contributed by atoms with Crippen LogP contribution in [0.1, 0.15) is 6.92 Å². The van der Waals surface area contributed by atoms with Crippen molar-refractivity contribution in [2.75, 3.05) is 0 Å². The SMILES string of the molecule is CC(F)C(F)(F)C(F)(F)C(F)(F)C(F)(F)OS(=O)(=O)O. The third-order valence-electron chi connectivity index (χ3n) is 1.89. The molecular formula is C6H5F9O4S. The Bertz CT molecular complexity index is 457. The quantitative estimate of drug-likeness (QED) is 0.594. The average molecular weight is 344 g/mol. The largest absolute Gasteiger partial charge is 0.441 e. The van der Waals surface area contributed by atoms with E-state index in [4.69, 9.17) is 4.55 Å². The Balaban J connectivity index is 5.84. The first-order chi connectivity index (χ1) is 8.40. The first-order valence-electron chi connectivity index (χ1n) is 4.23. The molecule has 0 aliphatic rings. The summed E-state index contributed by atoms with van der Waals surface area (Å²) in [5.74, 6) is -20.5. The number of rotatable bonds is 6. The minimum Gasteiger partial charge on any atom is -0.263 e. The fourth-order valence-electron chi connectivity index (χ4n) is 0.826. The number of hydrogen-bond acceptors (Lipinski definition) is 3. The van der Waals surface area contributed by atoms with Gasteiger partial charge in [-0.2, -0.15) is 47.7 Å². The molecule has 0 fully saturated rings. The molecule has 0 aromatic heterocycles. The molecule has 0 aliphatic heterocycles. The van der Waals surface area contributed by atoms with Gasteiger partial charge in [0.05, 0.1) is 0 Å². The zero-order chi connectivity index (χ0) is 16.8. The second-order valence-electron chi connectivity index (χ2n) is 3.42. The standard InChI is InChI=1S/C6H5F9O4S/c1-2(7)3(8,9)4(10,11)5(12,13)6(14,15)19-20(16,17)18/h2H,1H3,(H,16,17,18). The van der Waals surface area contributed by atoms with Crippen LogP contribution in [0.2, 0.25) is 0 Å². The van der Waals surface area contributed by atoms with Gasteiger partial charge in [-0.3, -0.25) is 4.55 Å². The van der Waals surface area contributed by atoms with E-state index in [9.17, 15) is 47.9 Å². The van der Waals surface area contributed by atoms with E-state index in [1.54, 1.807) is 0 Å². The Morgan fingerprint density at radius 2 is 1.30 bits per heavy atom. The molecule has 0 radical (unpaired) electrons. The highest BCUT2D eigenvalue weighted by Crippen LogP contribution is 2.54. The first-order valence-corrected chi connectivity index (χ1v) is 5.60. The third-order valence-corrected chi connectivity index (χ3v) is 2.31. The van der Waals surface area contributed by atoms with Crippen molar-refractivity contribution in [3.63, 3.8) is 0 Å². The van der Waals surface area contributed by atoms with Crippen molar-refractivity contribution >= 4 is 10.4 Å². The van der Waals surface area contributed by atoms with E-state index in [0.717, 1.165) is 0 Å². The zero-order valence-corrected chi connectivity index (χ0v) is 9.88. The van der Waals surface area contributed by atoms with Crippen molar-refractivity contribution in [3.8, 4) is 0 Å². The lowest BCUT2D eigenvalue weighted by molar-refractivity contribution is -0.413. The zero-order valence-electron chi connectivity index (χ0n) is 9.06. The second-order valence-corrected chi connectivity index (χ2v) is 4.44. The van der Waals surface area contributed by atoms with E-state index in [0.29, 0.717) is 0 Å². The fourth-order valence-corrected chi connectivity index (χ4v) is 1.20. The number of alkyl halides is 9. The summed E-state index contributed by atoms with van der Waals surface area (Å²) in [6, 6.07) is 0. The molecule has 0 amide bonds. The lowest BCUT2D eigenvalue weighted by Crippen LogP contribution is -2.65. The van der Waals surface area contributed by atoms with Gasteiger partial charge < -0.3 is 0 Å². The number of halogens is 9. The number of hydrogen-bond donors (Lipinski definition) is 1. The molecule has 0 saturated heterocycles. The minimum atomic E-state index is -7.15. The first kappa shape index (κ1) is 19.2. The predicted molar refractivity (Wildman–Crippen MR) is 43.0 cm³/mol. The van der Waals surface area contributed by atoms with Crippen LogP contribution in [-0.4, -0.2) is 43.0 Å². The van der Waals surface area contributed by atoms with Crippen LogP contribution < -0.4 is 0 Å². The van der Waals surface area contributed by atoms with Gasteiger partial charge in [0.2, 0.25) is 0 Å². The molecule has 1 N–H and O–H groups in total. The summed E-state index contributed by atoms with van der Waals surface area (Å²) in [5.41, 5.74) is 0. The Kier molecular flexibility index (Phi) is 4.72. The van der Waals surface area contributed by atoms with Crippen LogP contribution in [0.15, 0.2) is 0 Å². The van der Waals surface area contributed by atoms with E-state index in [2.05, 4.69) is 0 Å². The maximum atomic E-state index is 12.7. The van der Waals surface area contributed by atoms with Gasteiger partial charge in [0, 0.05) is 0 Å². The smallest absolute Gasteiger partial charge is 0.263 e. The molecule has 1 unspecified atom stereocenters. The highest BCUT2D eigenvalue weighted by Gasteiger charge is 2.83. The molecule has 0 aromatic rings. The van der Waals surface area contributed by atoms with Gasteiger partial charge in [-0.15, -0.1) is 0 Å². The topological polar surface area (TPSA) is 63.6 Å². The molecular weight excluding hydrogens is 339 g/mol. The van der Waals surface area contributed by atoms with Crippen molar-refractivity contribution in [1.29, 1.82) is 0 Å². The highest BCUT2D eigenvalue weighted by atomic mass is 32.3. The molecule has 20 heavy (non-hydrogen) atoms. The average Bonchev–Trinajstić information content (AvgIpc) is 2.12. The van der Waals surface area contributed by atoms with Crippen molar-refractivity contribution in [3.05, 3.63) is 0 Å². The lowest BCUT2D eigenvalue weighted by atomic mass is 10.0. The van der Waals surface area contributed by atoms with Crippen LogP contribution in [-0.2, 0) is 14.6 Å². The molecule has 122 valence electrons. The molecule has 14 heteroatoms. The van der Waals surface area contributed by atoms with Gasteiger partial charge in [0.25, 0.3) is 0 Å². The Morgan fingerprint density at radius 1 is 0.950 bits per heavy atom. The predicted octanol–water partition coefficient (Wildman–Crippen LogP) is 2.66. The Labute approximate surface area is 105 Å². The second kappa shape index (κ2) is 4.91. The van der Waals surface area contributed by atoms with Crippen LogP contribution in [0, 0.1) is 0 Å². The molecule has 0 saturated carbocycles. The summed E-state index contributed by atoms with van der Waals surface area (Å²) < 4.78 is 143. The van der Waals surface area contributed by atoms with Crippen LogP contribution in [0.5, 0.6) is 0 Å². The van der Waals surface area contributed by atoms with E-state index < -0.39 is 40.4 Å². The summed E-state index contributed by atoms with van der Waals surface area (Å²) >= 11 is 0. The summed E-state index contributed by atoms with van der Waals surface area (Å²) in [4.78, 5) is 0. The fraction of sp³-hybridized carbons (Fsp3) is 1.00. The maximum absolute atomic E-state index is 12.7. The van der Waals surface area contributed by atoms with Gasteiger partial charge in [0.15, 0.2) is 6.17 Å². The van der Waals surface area contributed by atoms with Crippen molar-refractivity contribution < 1.29 is 56.7 Å². The van der Waals surface area contributed by atoms with Crippen LogP contribution >= 0.6 is 0 Å². The van der Waals surface area contributed by atoms with Crippen LogP contribution in [0.25, 0.3) is 0 Å². The highest BCUT2D eigenvalue weighted by molar-refractivity contribution is 7.80. The van der Waals surface area contributed by atoms with E-state index in [-0.39, 0.29) is 6.92 Å². The molecule has 0 spiro atoms. The molecule has 0 bridgehead atoms. The Morgan fingerprint density at radius 3 is 1.55 bits per heavy atom. The van der Waals surface area contributed by atoms with Crippen LogP contribution in [0.3, 0.4) is 0 Å². The molecule has 0 aromatic carbocycles. The summed E-state index contributed by atoms with van der Waals surface area (Å²) in [5, 5.41) is 0. The lowest BCUT2D eigenvalue weighted by Gasteiger charge is -2.35. The third kappa shape index (κ3) is 3.11. The maximum Gasteiger partial charge on any atom is 0.441 e. The van der Waals surface area contributed by atoms with Crippen LogP contribution in [0.4, 0.5) is 39.5 Å². The van der Waals surface area contributed by atoms with Crippen molar-refractivity contribution in [2.24, 2.45) is 0 Å². The molecule has 0 aliphatic carbocycles. The van der Waals surface area contributed by atoms with Gasteiger partial charge in [-0.1, -0.05) is 0 Å². The van der Waals surface area contributed by atoms with Gasteiger partial charge >= 0.3 is 34.3 Å². The molecule has 1 atom stereocenters. The molecule has 4 nitrogen and oxygen atoms in total. The summed E-state index contributed by atoms with van der Waals surface area (Å²) in [7, 11) is -6.39. The summed E-state index contributed by atoms with van der Waals surface area (Å²) in [6.07, 6.45) is -10.7. The van der Waals surface area contributed by atoms with E-state index in [1.807, 2.05) is 4.18 Å². The van der Waals surface area contributed by atoms with Gasteiger partial charge in [-0.05, 0) is 6.92 Å². The minimum absolute atomic E-state index is 0.314. The summed E-state index contributed by atoms with van der Waals surface area (Å²) in [6.45, 7) is -0.314. The van der Waals surface area contributed by atoms with Crippen molar-refractivity contribution in [2.45, 2.75) is 37.0 Å². The van der Waals surface area contributed by atoms with Gasteiger partial charge in [-0.25, -0.2) is 4.39 Å². The Hall–Kier alpha value is -0.760. The van der Waals surface area contributed by atoms with Crippen molar-refractivity contribution in [1.82, 2.24) is 0 Å². The monoisotopic (exact) mass is 344 g/mol. The van der Waals surface area contributed by atoms with Gasteiger partial charge in [0.1, 0.15) is 0 Å².